The average Bonchev–Trinajstić information content (AvgIpc) is 3.24. The van der Waals surface area contributed by atoms with Gasteiger partial charge in [0.15, 0.2) is 0 Å². The maximum atomic E-state index is 12.2. The van der Waals surface area contributed by atoms with Crippen molar-refractivity contribution in [1.82, 2.24) is 5.32 Å². The van der Waals surface area contributed by atoms with Gasteiger partial charge in [-0.2, -0.15) is 0 Å². The summed E-state index contributed by atoms with van der Waals surface area (Å²) in [6.45, 7) is 2.47. The summed E-state index contributed by atoms with van der Waals surface area (Å²) in [5.74, 6) is 0.723. The van der Waals surface area contributed by atoms with Gasteiger partial charge in [0.25, 0.3) is 0 Å². The molecule has 1 fully saturated rings. The van der Waals surface area contributed by atoms with Crippen molar-refractivity contribution in [3.05, 3.63) is 59.7 Å². The molecule has 1 saturated carbocycles. The molecular formula is C19H21NO3. The lowest BCUT2D eigenvalue weighted by atomic mass is 10.1. The van der Waals surface area contributed by atoms with Gasteiger partial charge in [0.2, 0.25) is 5.91 Å². The Balaban J connectivity index is 1.68. The van der Waals surface area contributed by atoms with Crippen LogP contribution in [0.2, 0.25) is 0 Å². The van der Waals surface area contributed by atoms with E-state index in [-0.39, 0.29) is 23.6 Å². The van der Waals surface area contributed by atoms with Crippen molar-refractivity contribution in [2.24, 2.45) is 0 Å². The Labute approximate surface area is 136 Å². The van der Waals surface area contributed by atoms with E-state index in [9.17, 15) is 9.90 Å². The third kappa shape index (κ3) is 4.25. The molecule has 0 radical (unpaired) electrons. The first-order valence-electron chi connectivity index (χ1n) is 7.84. The van der Waals surface area contributed by atoms with E-state index in [1.165, 1.54) is 0 Å². The number of amides is 1. The lowest BCUT2D eigenvalue weighted by molar-refractivity contribution is -0.121. The Hall–Kier alpha value is -2.49. The highest BCUT2D eigenvalue weighted by Gasteiger charge is 2.38. The molecule has 23 heavy (non-hydrogen) atoms. The molecule has 0 aromatic heterocycles. The molecule has 0 unspecified atom stereocenters. The van der Waals surface area contributed by atoms with Gasteiger partial charge in [0, 0.05) is 11.1 Å². The fourth-order valence-corrected chi connectivity index (χ4v) is 2.45. The van der Waals surface area contributed by atoms with Gasteiger partial charge in [-0.15, -0.1) is 0 Å². The number of hydrogen-bond acceptors (Lipinski definition) is 3. The van der Waals surface area contributed by atoms with Crippen molar-refractivity contribution < 1.29 is 14.6 Å². The largest absolute Gasteiger partial charge is 0.508 e. The highest BCUT2D eigenvalue weighted by atomic mass is 16.5. The Bertz CT molecular complexity index is 693. The number of nitrogens with one attached hydrogen (secondary N) is 1. The molecule has 4 heteroatoms. The van der Waals surface area contributed by atoms with E-state index in [2.05, 4.69) is 5.32 Å². The second-order valence-corrected chi connectivity index (χ2v) is 6.35. The number of ether oxygens (including phenoxy) is 1. The van der Waals surface area contributed by atoms with Crippen LogP contribution in [0.15, 0.2) is 48.5 Å². The van der Waals surface area contributed by atoms with E-state index < -0.39 is 0 Å². The van der Waals surface area contributed by atoms with Gasteiger partial charge in [-0.3, -0.25) is 4.79 Å². The molecule has 120 valence electrons. The Morgan fingerprint density at radius 2 is 1.96 bits per heavy atom. The normalized spacial score (nSPS) is 15.0. The molecule has 2 aromatic rings. The van der Waals surface area contributed by atoms with Crippen molar-refractivity contribution in [3.8, 4) is 11.5 Å². The molecule has 1 aliphatic rings. The lowest BCUT2D eigenvalue weighted by Gasteiger charge is -2.14. The Kier molecular flexibility index (Phi) is 4.24. The molecule has 1 amide bonds. The van der Waals surface area contributed by atoms with Crippen molar-refractivity contribution >= 4 is 5.91 Å². The standard InChI is InChI=1S/C19H21NO3/c1-19(9-10-19)20-18(22)12-15-11-16(21)7-8-17(15)23-13-14-5-3-2-4-6-14/h2-8,11,21H,9-10,12-13H2,1H3,(H,20,22). The number of carbonyl (C=O) groups excluding carboxylic acids is 1. The van der Waals surface area contributed by atoms with Crippen LogP contribution < -0.4 is 10.1 Å². The fourth-order valence-electron chi connectivity index (χ4n) is 2.45. The van der Waals surface area contributed by atoms with Gasteiger partial charge >= 0.3 is 0 Å². The van der Waals surface area contributed by atoms with Crippen molar-refractivity contribution in [3.63, 3.8) is 0 Å². The zero-order chi connectivity index (χ0) is 16.3. The minimum Gasteiger partial charge on any atom is -0.508 e. The van der Waals surface area contributed by atoms with Gasteiger partial charge in [-0.1, -0.05) is 30.3 Å². The average molecular weight is 311 g/mol. The number of benzene rings is 2. The molecule has 2 N–H and O–H groups in total. The summed E-state index contributed by atoms with van der Waals surface area (Å²) in [6, 6.07) is 14.7. The molecule has 0 aliphatic heterocycles. The highest BCUT2D eigenvalue weighted by Crippen LogP contribution is 2.34. The topological polar surface area (TPSA) is 58.6 Å². The molecule has 0 atom stereocenters. The minimum absolute atomic E-state index is 0.0415. The van der Waals surface area contributed by atoms with Crippen LogP contribution in [0.5, 0.6) is 11.5 Å². The molecule has 2 aromatic carbocycles. The maximum Gasteiger partial charge on any atom is 0.224 e. The maximum absolute atomic E-state index is 12.2. The Morgan fingerprint density at radius 1 is 1.22 bits per heavy atom. The smallest absolute Gasteiger partial charge is 0.224 e. The summed E-state index contributed by atoms with van der Waals surface area (Å²) >= 11 is 0. The summed E-state index contributed by atoms with van der Waals surface area (Å²) in [4.78, 5) is 12.2. The predicted octanol–water partition coefficient (Wildman–Crippen LogP) is 3.18. The zero-order valence-electron chi connectivity index (χ0n) is 13.2. The quantitative estimate of drug-likeness (QED) is 0.861. The van der Waals surface area contributed by atoms with Crippen LogP contribution in [-0.4, -0.2) is 16.6 Å². The monoisotopic (exact) mass is 311 g/mol. The minimum atomic E-state index is -0.0427. The molecule has 0 heterocycles. The van der Waals surface area contributed by atoms with E-state index >= 15 is 0 Å². The number of hydrogen-bond donors (Lipinski definition) is 2. The van der Waals surface area contributed by atoms with Crippen LogP contribution >= 0.6 is 0 Å². The first kappa shape index (κ1) is 15.4. The number of phenolic OH excluding ortho intramolecular Hbond substituents is 1. The van der Waals surface area contributed by atoms with Gasteiger partial charge < -0.3 is 15.2 Å². The summed E-state index contributed by atoms with van der Waals surface area (Å²) in [6.07, 6.45) is 2.25. The summed E-state index contributed by atoms with van der Waals surface area (Å²) in [7, 11) is 0. The molecule has 3 rings (SSSR count). The third-order valence-corrected chi connectivity index (χ3v) is 4.07. The van der Waals surface area contributed by atoms with E-state index in [1.54, 1.807) is 18.2 Å². The Morgan fingerprint density at radius 3 is 2.65 bits per heavy atom. The number of carbonyl (C=O) groups is 1. The number of rotatable bonds is 6. The number of aromatic hydroxyl groups is 1. The molecule has 0 bridgehead atoms. The zero-order valence-corrected chi connectivity index (χ0v) is 13.2. The molecular weight excluding hydrogens is 290 g/mol. The van der Waals surface area contributed by atoms with E-state index in [0.29, 0.717) is 17.9 Å². The van der Waals surface area contributed by atoms with Crippen molar-refractivity contribution in [2.45, 2.75) is 38.3 Å². The van der Waals surface area contributed by atoms with E-state index in [1.807, 2.05) is 37.3 Å². The van der Waals surface area contributed by atoms with Crippen LogP contribution in [0, 0.1) is 0 Å². The second-order valence-electron chi connectivity index (χ2n) is 6.35. The summed E-state index contributed by atoms with van der Waals surface area (Å²) < 4.78 is 5.83. The molecule has 4 nitrogen and oxygen atoms in total. The molecule has 0 spiro atoms. The van der Waals surface area contributed by atoms with Gasteiger partial charge in [-0.25, -0.2) is 0 Å². The van der Waals surface area contributed by atoms with Crippen molar-refractivity contribution in [1.29, 1.82) is 0 Å². The second kappa shape index (κ2) is 6.32. The first-order chi connectivity index (χ1) is 11.0. The van der Waals surface area contributed by atoms with E-state index in [4.69, 9.17) is 4.74 Å². The van der Waals surface area contributed by atoms with Gasteiger partial charge in [0.1, 0.15) is 18.1 Å². The van der Waals surface area contributed by atoms with Crippen LogP contribution in [0.1, 0.15) is 30.9 Å². The summed E-state index contributed by atoms with van der Waals surface area (Å²) in [5, 5.41) is 12.7. The van der Waals surface area contributed by atoms with Crippen LogP contribution in [-0.2, 0) is 17.8 Å². The highest BCUT2D eigenvalue weighted by molar-refractivity contribution is 5.80. The van der Waals surface area contributed by atoms with Crippen LogP contribution in [0.25, 0.3) is 0 Å². The van der Waals surface area contributed by atoms with Crippen molar-refractivity contribution in [2.75, 3.05) is 0 Å². The van der Waals surface area contributed by atoms with E-state index in [0.717, 1.165) is 18.4 Å². The fraction of sp³-hybridized carbons (Fsp3) is 0.316. The first-order valence-corrected chi connectivity index (χ1v) is 7.84. The van der Waals surface area contributed by atoms with Crippen LogP contribution in [0.4, 0.5) is 0 Å². The SMILES string of the molecule is CC1(NC(=O)Cc2cc(O)ccc2OCc2ccccc2)CC1. The summed E-state index contributed by atoms with van der Waals surface area (Å²) in [5.41, 5.74) is 1.71. The third-order valence-electron chi connectivity index (χ3n) is 4.07. The molecule has 1 aliphatic carbocycles. The molecule has 0 saturated heterocycles. The van der Waals surface area contributed by atoms with Gasteiger partial charge in [0.05, 0.1) is 6.42 Å². The number of phenols is 1. The van der Waals surface area contributed by atoms with Crippen LogP contribution in [0.3, 0.4) is 0 Å². The lowest BCUT2D eigenvalue weighted by Crippen LogP contribution is -2.35. The van der Waals surface area contributed by atoms with Gasteiger partial charge in [-0.05, 0) is 43.5 Å². The predicted molar refractivity (Wildman–Crippen MR) is 88.4 cm³/mol.